The topological polar surface area (TPSA) is 60.7 Å². The molecule has 174 valence electrons. The van der Waals surface area contributed by atoms with Crippen LogP contribution in [0.15, 0.2) is 60.7 Å². The van der Waals surface area contributed by atoms with Crippen LogP contribution in [-0.4, -0.2) is 36.0 Å². The van der Waals surface area contributed by atoms with Crippen LogP contribution >= 0.6 is 0 Å². The third-order valence-electron chi connectivity index (χ3n) is 6.38. The van der Waals surface area contributed by atoms with Gasteiger partial charge in [0.15, 0.2) is 0 Å². The highest BCUT2D eigenvalue weighted by Gasteiger charge is 2.28. The molecular weight excluding hydrogens is 440 g/mol. The molecule has 1 aromatic heterocycles. The van der Waals surface area contributed by atoms with Gasteiger partial charge in [-0.2, -0.15) is 0 Å². The molecule has 7 heteroatoms. The van der Waals surface area contributed by atoms with E-state index in [1.807, 2.05) is 0 Å². The van der Waals surface area contributed by atoms with E-state index >= 15 is 0 Å². The Morgan fingerprint density at radius 1 is 1.00 bits per heavy atom. The fourth-order valence-electron chi connectivity index (χ4n) is 4.84. The summed E-state index contributed by atoms with van der Waals surface area (Å²) < 4.78 is 41.3. The highest BCUT2D eigenvalue weighted by Crippen LogP contribution is 2.44. The molecule has 0 saturated carbocycles. The molecule has 0 radical (unpaired) electrons. The normalized spacial score (nSPS) is 14.4. The molecule has 0 bridgehead atoms. The van der Waals surface area contributed by atoms with Gasteiger partial charge in [0.1, 0.15) is 22.9 Å². The fourth-order valence-corrected chi connectivity index (χ4v) is 4.84. The van der Waals surface area contributed by atoms with Crippen molar-refractivity contribution in [3.63, 3.8) is 0 Å². The number of hydrogen-bond donors (Lipinski definition) is 1. The molecular formula is C27H23F2NO4. The number of aromatic carboxylic acids is 1. The molecule has 2 heterocycles. The van der Waals surface area contributed by atoms with Gasteiger partial charge in [-0.05, 0) is 73.0 Å². The molecule has 0 spiro atoms. The Labute approximate surface area is 195 Å². The predicted molar refractivity (Wildman–Crippen MR) is 125 cm³/mol. The number of carboxylic acids is 1. The average molecular weight is 463 g/mol. The Bertz CT molecular complexity index is 1370. The number of nitrogens with zero attached hydrogens (tertiary/aromatic N) is 1. The third kappa shape index (κ3) is 3.82. The monoisotopic (exact) mass is 463 g/mol. The molecule has 1 fully saturated rings. The third-order valence-corrected chi connectivity index (χ3v) is 6.38. The standard InChI is InChI=1S/C27H23F2NO4/c1-33-24-14-17(2-8-21(24)27(31)32)25-22-15-19(29)5-9-23(22)30(20-6-3-18(28)4-7-20)26(25)16-10-12-34-13-11-16/h2-9,14-16H,10-13H2,1H3,(H,31,32). The maximum absolute atomic E-state index is 14.5. The fraction of sp³-hybridized carbons (Fsp3) is 0.222. The molecule has 5 rings (SSSR count). The van der Waals surface area contributed by atoms with Crippen molar-refractivity contribution in [1.29, 1.82) is 0 Å². The van der Waals surface area contributed by atoms with Crippen LogP contribution in [0.1, 0.15) is 34.8 Å². The molecule has 1 aliphatic rings. The minimum absolute atomic E-state index is 0.0484. The van der Waals surface area contributed by atoms with Crippen LogP contribution in [0, 0.1) is 11.6 Å². The first-order valence-electron chi connectivity index (χ1n) is 11.1. The average Bonchev–Trinajstić information content (AvgIpc) is 3.18. The van der Waals surface area contributed by atoms with Gasteiger partial charge in [0.25, 0.3) is 0 Å². The summed E-state index contributed by atoms with van der Waals surface area (Å²) in [4.78, 5) is 11.6. The lowest BCUT2D eigenvalue weighted by Crippen LogP contribution is -2.17. The van der Waals surface area contributed by atoms with Crippen molar-refractivity contribution < 1.29 is 28.2 Å². The molecule has 1 N–H and O–H groups in total. The van der Waals surface area contributed by atoms with Gasteiger partial charge < -0.3 is 19.1 Å². The first-order valence-corrected chi connectivity index (χ1v) is 11.1. The van der Waals surface area contributed by atoms with E-state index in [0.717, 1.165) is 40.9 Å². The number of halogens is 2. The lowest BCUT2D eigenvalue weighted by atomic mass is 9.89. The SMILES string of the molecule is COc1cc(-c2c(C3CCOCC3)n(-c3ccc(F)cc3)c3ccc(F)cc23)ccc1C(=O)O. The molecule has 3 aromatic carbocycles. The summed E-state index contributed by atoms with van der Waals surface area (Å²) in [6.45, 7) is 1.20. The zero-order valence-electron chi connectivity index (χ0n) is 18.6. The number of fused-ring (bicyclic) bond motifs is 1. The number of hydrogen-bond acceptors (Lipinski definition) is 3. The Hall–Kier alpha value is -3.71. The highest BCUT2D eigenvalue weighted by molar-refractivity contribution is 6.01. The Kier molecular flexibility index (Phi) is 5.79. The zero-order chi connectivity index (χ0) is 23.8. The van der Waals surface area contributed by atoms with Crippen molar-refractivity contribution in [3.8, 4) is 22.6 Å². The van der Waals surface area contributed by atoms with E-state index in [1.165, 1.54) is 37.4 Å². The van der Waals surface area contributed by atoms with Crippen molar-refractivity contribution >= 4 is 16.9 Å². The minimum atomic E-state index is -1.09. The summed E-state index contributed by atoms with van der Waals surface area (Å²) in [5.41, 5.74) is 4.08. The van der Waals surface area contributed by atoms with E-state index in [2.05, 4.69) is 4.57 Å². The Morgan fingerprint density at radius 2 is 1.71 bits per heavy atom. The van der Waals surface area contributed by atoms with Gasteiger partial charge in [-0.25, -0.2) is 13.6 Å². The smallest absolute Gasteiger partial charge is 0.339 e. The first-order chi connectivity index (χ1) is 16.5. The van der Waals surface area contributed by atoms with Crippen LogP contribution in [0.25, 0.3) is 27.7 Å². The summed E-state index contributed by atoms with van der Waals surface area (Å²) in [6, 6.07) is 15.8. The van der Waals surface area contributed by atoms with Gasteiger partial charge >= 0.3 is 5.97 Å². The number of methoxy groups -OCH3 is 1. The highest BCUT2D eigenvalue weighted by atomic mass is 19.1. The van der Waals surface area contributed by atoms with E-state index < -0.39 is 5.97 Å². The Morgan fingerprint density at radius 3 is 2.38 bits per heavy atom. The van der Waals surface area contributed by atoms with Gasteiger partial charge in [0.05, 0.1) is 12.6 Å². The van der Waals surface area contributed by atoms with Gasteiger partial charge in [0.2, 0.25) is 0 Å². The predicted octanol–water partition coefficient (Wildman–Crippen LogP) is 6.18. The molecule has 4 aromatic rings. The first kappa shape index (κ1) is 22.1. The van der Waals surface area contributed by atoms with Crippen LogP contribution in [0.2, 0.25) is 0 Å². The summed E-state index contributed by atoms with van der Waals surface area (Å²) in [5, 5.41) is 10.2. The van der Waals surface area contributed by atoms with Crippen molar-refractivity contribution in [1.82, 2.24) is 4.57 Å². The van der Waals surface area contributed by atoms with Crippen LogP contribution < -0.4 is 4.74 Å². The largest absolute Gasteiger partial charge is 0.496 e. The van der Waals surface area contributed by atoms with Crippen molar-refractivity contribution in [2.75, 3.05) is 20.3 Å². The molecule has 0 amide bonds. The van der Waals surface area contributed by atoms with Crippen LogP contribution in [0.5, 0.6) is 5.75 Å². The van der Waals surface area contributed by atoms with Gasteiger partial charge in [-0.3, -0.25) is 0 Å². The zero-order valence-corrected chi connectivity index (χ0v) is 18.6. The van der Waals surface area contributed by atoms with E-state index in [4.69, 9.17) is 9.47 Å². The summed E-state index contributed by atoms with van der Waals surface area (Å²) >= 11 is 0. The molecule has 34 heavy (non-hydrogen) atoms. The number of benzene rings is 3. The molecule has 0 aliphatic carbocycles. The second kappa shape index (κ2) is 8.91. The van der Waals surface area contributed by atoms with Crippen LogP contribution in [0.3, 0.4) is 0 Å². The number of aromatic nitrogens is 1. The minimum Gasteiger partial charge on any atom is -0.496 e. The van der Waals surface area contributed by atoms with Crippen molar-refractivity contribution in [2.24, 2.45) is 0 Å². The number of rotatable bonds is 5. The summed E-state index contributed by atoms with van der Waals surface area (Å²) in [5.74, 6) is -1.48. The van der Waals surface area contributed by atoms with Crippen LogP contribution in [-0.2, 0) is 4.74 Å². The van der Waals surface area contributed by atoms with E-state index in [9.17, 15) is 18.7 Å². The van der Waals surface area contributed by atoms with E-state index in [0.29, 0.717) is 18.6 Å². The number of carbonyl (C=O) groups is 1. The molecule has 1 aliphatic heterocycles. The molecule has 1 saturated heterocycles. The number of carboxylic acid groups (broad SMARTS) is 1. The lowest BCUT2D eigenvalue weighted by molar-refractivity contribution is 0.0693. The Balaban J connectivity index is 1.86. The molecule has 0 atom stereocenters. The summed E-state index contributed by atoms with van der Waals surface area (Å²) in [7, 11) is 1.42. The lowest BCUT2D eigenvalue weighted by Gasteiger charge is -2.26. The van der Waals surface area contributed by atoms with Crippen LogP contribution in [0.4, 0.5) is 8.78 Å². The van der Waals surface area contributed by atoms with Crippen molar-refractivity contribution in [3.05, 3.63) is 83.6 Å². The van der Waals surface area contributed by atoms with E-state index in [1.54, 1.807) is 30.3 Å². The summed E-state index contributed by atoms with van der Waals surface area (Å²) in [6.07, 6.45) is 1.55. The van der Waals surface area contributed by atoms with Gasteiger partial charge in [0, 0.05) is 41.5 Å². The maximum atomic E-state index is 14.5. The quantitative estimate of drug-likeness (QED) is 0.384. The van der Waals surface area contributed by atoms with Gasteiger partial charge in [-0.15, -0.1) is 0 Å². The van der Waals surface area contributed by atoms with Crippen molar-refractivity contribution in [2.45, 2.75) is 18.8 Å². The second-order valence-corrected chi connectivity index (χ2v) is 8.34. The molecule has 0 unspecified atom stereocenters. The second-order valence-electron chi connectivity index (χ2n) is 8.34. The molecule has 5 nitrogen and oxygen atoms in total. The van der Waals surface area contributed by atoms with E-state index in [-0.39, 0.29) is 28.9 Å². The van der Waals surface area contributed by atoms with Gasteiger partial charge in [-0.1, -0.05) is 6.07 Å². The number of ether oxygens (including phenoxy) is 2. The maximum Gasteiger partial charge on any atom is 0.339 e.